The number of hydrogen-bond acceptors (Lipinski definition) is 2. The SMILES string of the molecule is CCCCCCCCCCCCCCCCN(C)N(C)CCCCCCl.Cl.Cl. The molecule has 0 saturated carbocycles. The lowest BCUT2D eigenvalue weighted by molar-refractivity contribution is 0.0241. The molecular weight excluding hydrogens is 411 g/mol. The van der Waals surface area contributed by atoms with Crippen LogP contribution in [0.4, 0.5) is 0 Å². The van der Waals surface area contributed by atoms with E-state index in [9.17, 15) is 0 Å². The highest BCUT2D eigenvalue weighted by atomic mass is 35.5. The zero-order valence-corrected chi connectivity index (χ0v) is 21.6. The van der Waals surface area contributed by atoms with Crippen LogP contribution in [0.25, 0.3) is 0 Å². The summed E-state index contributed by atoms with van der Waals surface area (Å²) in [6, 6.07) is 0. The van der Waals surface area contributed by atoms with Crippen molar-refractivity contribution in [2.45, 2.75) is 116 Å². The van der Waals surface area contributed by atoms with E-state index < -0.39 is 0 Å². The zero-order valence-electron chi connectivity index (χ0n) is 19.2. The molecule has 5 heteroatoms. The molecule has 0 bridgehead atoms. The van der Waals surface area contributed by atoms with Crippen LogP contribution in [-0.4, -0.2) is 43.1 Å². The normalized spacial score (nSPS) is 10.9. The molecule has 0 rings (SSSR count). The van der Waals surface area contributed by atoms with Crippen LogP contribution in [-0.2, 0) is 0 Å². The summed E-state index contributed by atoms with van der Waals surface area (Å²) in [5.41, 5.74) is 0. The Morgan fingerprint density at radius 1 is 0.464 bits per heavy atom. The Hall–Kier alpha value is 0.790. The molecule has 0 fully saturated rings. The number of hydrazine groups is 1. The number of alkyl halides is 1. The largest absolute Gasteiger partial charge is 0.245 e. The van der Waals surface area contributed by atoms with Crippen LogP contribution in [0.15, 0.2) is 0 Å². The number of halogens is 3. The lowest BCUT2D eigenvalue weighted by Gasteiger charge is -2.28. The molecule has 0 atom stereocenters. The van der Waals surface area contributed by atoms with E-state index in [4.69, 9.17) is 11.6 Å². The van der Waals surface area contributed by atoms with Crippen LogP contribution in [0.1, 0.15) is 116 Å². The molecule has 0 radical (unpaired) electrons. The molecule has 0 aliphatic rings. The van der Waals surface area contributed by atoms with Gasteiger partial charge in [0.2, 0.25) is 0 Å². The predicted octanol–water partition coefficient (Wildman–Crippen LogP) is 8.50. The monoisotopic (exact) mass is 460 g/mol. The van der Waals surface area contributed by atoms with E-state index >= 15 is 0 Å². The molecule has 0 aromatic carbocycles. The Kier molecular flexibility index (Phi) is 33.2. The quantitative estimate of drug-likeness (QED) is 0.0959. The van der Waals surface area contributed by atoms with Gasteiger partial charge in [-0.1, -0.05) is 96.8 Å². The van der Waals surface area contributed by atoms with E-state index in [-0.39, 0.29) is 24.8 Å². The molecule has 0 saturated heterocycles. The highest BCUT2D eigenvalue weighted by Gasteiger charge is 2.04. The van der Waals surface area contributed by atoms with Crippen molar-refractivity contribution in [3.05, 3.63) is 0 Å². The first-order valence-electron chi connectivity index (χ1n) is 11.7. The van der Waals surface area contributed by atoms with Crippen molar-refractivity contribution < 1.29 is 0 Å². The maximum atomic E-state index is 5.73. The van der Waals surface area contributed by atoms with Gasteiger partial charge < -0.3 is 0 Å². The predicted molar refractivity (Wildman–Crippen MR) is 135 cm³/mol. The van der Waals surface area contributed by atoms with Crippen LogP contribution >= 0.6 is 36.4 Å². The van der Waals surface area contributed by atoms with Crippen molar-refractivity contribution in [3.8, 4) is 0 Å². The summed E-state index contributed by atoms with van der Waals surface area (Å²) < 4.78 is 0. The van der Waals surface area contributed by atoms with Crippen LogP contribution in [0, 0.1) is 0 Å². The topological polar surface area (TPSA) is 6.48 Å². The molecule has 0 aromatic rings. The van der Waals surface area contributed by atoms with Gasteiger partial charge in [0.1, 0.15) is 0 Å². The minimum absolute atomic E-state index is 0. The molecule has 2 nitrogen and oxygen atoms in total. The summed E-state index contributed by atoms with van der Waals surface area (Å²) in [6.45, 7) is 4.65. The van der Waals surface area contributed by atoms with Crippen LogP contribution in [0.3, 0.4) is 0 Å². The first kappa shape index (κ1) is 33.4. The molecule has 0 N–H and O–H groups in total. The molecular formula is C23H51Cl3N2. The lowest BCUT2D eigenvalue weighted by atomic mass is 10.0. The molecule has 0 aliphatic heterocycles. The highest BCUT2D eigenvalue weighted by molar-refractivity contribution is 6.17. The van der Waals surface area contributed by atoms with Crippen LogP contribution in [0.2, 0.25) is 0 Å². The molecule has 0 heterocycles. The van der Waals surface area contributed by atoms with E-state index in [2.05, 4.69) is 31.0 Å². The van der Waals surface area contributed by atoms with E-state index in [1.165, 1.54) is 109 Å². The van der Waals surface area contributed by atoms with Gasteiger partial charge in [0.05, 0.1) is 0 Å². The fraction of sp³-hybridized carbons (Fsp3) is 1.00. The maximum absolute atomic E-state index is 5.73. The molecule has 0 amide bonds. The summed E-state index contributed by atoms with van der Waals surface area (Å²) in [6.07, 6.45) is 23.7. The number of hydrogen-bond donors (Lipinski definition) is 0. The summed E-state index contributed by atoms with van der Waals surface area (Å²) in [4.78, 5) is 0. The smallest absolute Gasteiger partial charge is 0.0223 e. The minimum Gasteiger partial charge on any atom is -0.245 e. The summed E-state index contributed by atoms with van der Waals surface area (Å²) in [5, 5.41) is 4.76. The van der Waals surface area contributed by atoms with Crippen LogP contribution < -0.4 is 0 Å². The van der Waals surface area contributed by atoms with Gasteiger partial charge in [-0.15, -0.1) is 36.4 Å². The summed E-state index contributed by atoms with van der Waals surface area (Å²) in [5.74, 6) is 0.804. The highest BCUT2D eigenvalue weighted by Crippen LogP contribution is 2.13. The van der Waals surface area contributed by atoms with E-state index in [0.717, 1.165) is 18.8 Å². The van der Waals surface area contributed by atoms with Gasteiger partial charge >= 0.3 is 0 Å². The van der Waals surface area contributed by atoms with E-state index in [1.54, 1.807) is 0 Å². The van der Waals surface area contributed by atoms with Gasteiger partial charge in [-0.25, -0.2) is 10.0 Å². The Morgan fingerprint density at radius 2 is 0.750 bits per heavy atom. The van der Waals surface area contributed by atoms with Gasteiger partial charge in [-0.2, -0.15) is 0 Å². The van der Waals surface area contributed by atoms with E-state index in [1.807, 2.05) is 0 Å². The number of rotatable bonds is 21. The Balaban J connectivity index is -0.00000312. The average molecular weight is 462 g/mol. The summed E-state index contributed by atoms with van der Waals surface area (Å²) >= 11 is 5.73. The summed E-state index contributed by atoms with van der Waals surface area (Å²) in [7, 11) is 4.44. The minimum atomic E-state index is 0. The van der Waals surface area contributed by atoms with Gasteiger partial charge in [0.15, 0.2) is 0 Å². The van der Waals surface area contributed by atoms with Crippen molar-refractivity contribution in [3.63, 3.8) is 0 Å². The van der Waals surface area contributed by atoms with Crippen LogP contribution in [0.5, 0.6) is 0 Å². The molecule has 0 spiro atoms. The second-order valence-electron chi connectivity index (χ2n) is 8.11. The second kappa shape index (κ2) is 27.8. The fourth-order valence-corrected chi connectivity index (χ4v) is 3.68. The first-order valence-corrected chi connectivity index (χ1v) is 12.2. The zero-order chi connectivity index (χ0) is 19.3. The number of nitrogens with zero attached hydrogens (tertiary/aromatic N) is 2. The second-order valence-corrected chi connectivity index (χ2v) is 8.49. The average Bonchev–Trinajstić information content (AvgIpc) is 2.65. The van der Waals surface area contributed by atoms with Crippen molar-refractivity contribution >= 4 is 36.4 Å². The lowest BCUT2D eigenvalue weighted by Crippen LogP contribution is -2.37. The molecule has 28 heavy (non-hydrogen) atoms. The van der Waals surface area contributed by atoms with Gasteiger partial charge in [-0.05, 0) is 19.3 Å². The molecule has 0 aromatic heterocycles. The Morgan fingerprint density at radius 3 is 1.07 bits per heavy atom. The Labute approximate surface area is 195 Å². The third kappa shape index (κ3) is 24.8. The van der Waals surface area contributed by atoms with Crippen molar-refractivity contribution in [1.29, 1.82) is 0 Å². The van der Waals surface area contributed by atoms with Gasteiger partial charge in [0, 0.05) is 33.1 Å². The van der Waals surface area contributed by atoms with Gasteiger partial charge in [-0.3, -0.25) is 0 Å². The first-order chi connectivity index (χ1) is 12.7. The standard InChI is InChI=1S/C23H49ClN2.2ClH/c1-4-5-6-7-8-9-10-11-12-13-14-15-16-19-22-25(2)26(3)23-20-17-18-21-24;;/h4-23H2,1-3H3;2*1H. The molecule has 0 aliphatic carbocycles. The van der Waals surface area contributed by atoms with Crippen molar-refractivity contribution in [2.75, 3.05) is 33.1 Å². The van der Waals surface area contributed by atoms with E-state index in [0.29, 0.717) is 0 Å². The van der Waals surface area contributed by atoms with Gasteiger partial charge in [0.25, 0.3) is 0 Å². The van der Waals surface area contributed by atoms with Crippen molar-refractivity contribution in [2.24, 2.45) is 0 Å². The third-order valence-electron chi connectivity index (χ3n) is 5.53. The third-order valence-corrected chi connectivity index (χ3v) is 5.80. The van der Waals surface area contributed by atoms with Crippen molar-refractivity contribution in [1.82, 2.24) is 10.0 Å². The Bertz CT molecular complexity index is 268. The fourth-order valence-electron chi connectivity index (χ4n) is 3.49. The molecule has 0 unspecified atom stereocenters. The maximum Gasteiger partial charge on any atom is 0.0223 e. The molecule has 174 valence electrons. The number of unbranched alkanes of at least 4 members (excludes halogenated alkanes) is 15.